The van der Waals surface area contributed by atoms with Crippen molar-refractivity contribution in [2.24, 2.45) is 5.92 Å². The monoisotopic (exact) mass is 411 g/mol. The van der Waals surface area contributed by atoms with Crippen LogP contribution in [0.4, 0.5) is 0 Å². The summed E-state index contributed by atoms with van der Waals surface area (Å²) in [5.74, 6) is -0.201. The van der Waals surface area contributed by atoms with Crippen molar-refractivity contribution < 1.29 is 27.5 Å². The van der Waals surface area contributed by atoms with Gasteiger partial charge in [-0.15, -0.1) is 0 Å². The minimum atomic E-state index is -3.11. The molecule has 0 bridgehead atoms. The van der Waals surface area contributed by atoms with E-state index in [1.54, 1.807) is 6.07 Å². The molecule has 1 fully saturated rings. The van der Waals surface area contributed by atoms with E-state index >= 15 is 0 Å². The molecule has 1 amide bonds. The van der Waals surface area contributed by atoms with Crippen LogP contribution in [0, 0.1) is 19.8 Å². The first-order valence-electron chi connectivity index (χ1n) is 9.43. The van der Waals surface area contributed by atoms with Gasteiger partial charge in [-0.25, -0.2) is 13.2 Å². The molecule has 0 unspecified atom stereocenters. The molecule has 0 spiro atoms. The van der Waals surface area contributed by atoms with Gasteiger partial charge in [0, 0.05) is 12.6 Å². The van der Waals surface area contributed by atoms with Crippen molar-refractivity contribution in [2.45, 2.75) is 40.2 Å². The maximum absolute atomic E-state index is 12.6. The molecular formula is C20H29NO6S. The van der Waals surface area contributed by atoms with Gasteiger partial charge >= 0.3 is 5.97 Å². The normalized spacial score (nSPS) is 18.1. The minimum Gasteiger partial charge on any atom is -0.482 e. The second-order valence-corrected chi connectivity index (χ2v) is 9.94. The van der Waals surface area contributed by atoms with Crippen LogP contribution < -0.4 is 4.74 Å². The zero-order valence-corrected chi connectivity index (χ0v) is 17.8. The Morgan fingerprint density at radius 1 is 1.21 bits per heavy atom. The number of nitrogens with zero attached hydrogens (tertiary/aromatic N) is 1. The topological polar surface area (TPSA) is 90.0 Å². The van der Waals surface area contributed by atoms with Crippen LogP contribution in [0.25, 0.3) is 0 Å². The van der Waals surface area contributed by atoms with Crippen LogP contribution in [-0.4, -0.2) is 62.5 Å². The summed E-state index contributed by atoms with van der Waals surface area (Å²) >= 11 is 0. The Labute approximate surface area is 166 Å². The van der Waals surface area contributed by atoms with Gasteiger partial charge in [-0.2, -0.15) is 0 Å². The van der Waals surface area contributed by atoms with Gasteiger partial charge in [-0.3, -0.25) is 4.79 Å². The zero-order valence-electron chi connectivity index (χ0n) is 16.9. The second-order valence-electron chi connectivity index (χ2n) is 7.72. The lowest BCUT2D eigenvalue weighted by atomic mass is 10.1. The number of benzene rings is 1. The number of hydrogen-bond donors (Lipinski definition) is 0. The summed E-state index contributed by atoms with van der Waals surface area (Å²) in [4.78, 5) is 26.0. The summed E-state index contributed by atoms with van der Waals surface area (Å²) in [6.45, 7) is 7.47. The fraction of sp³-hybridized carbons (Fsp3) is 0.600. The van der Waals surface area contributed by atoms with Crippen molar-refractivity contribution in [3.8, 4) is 5.75 Å². The van der Waals surface area contributed by atoms with Gasteiger partial charge in [0.05, 0.1) is 11.5 Å². The lowest BCUT2D eigenvalue weighted by Gasteiger charge is -2.29. The van der Waals surface area contributed by atoms with Crippen molar-refractivity contribution >= 4 is 21.7 Å². The Morgan fingerprint density at radius 2 is 1.93 bits per heavy atom. The Bertz CT molecular complexity index is 818. The number of sulfone groups is 1. The molecule has 0 aliphatic carbocycles. The predicted octanol–water partition coefficient (Wildman–Crippen LogP) is 1.90. The van der Waals surface area contributed by atoms with Gasteiger partial charge in [0.25, 0.3) is 5.91 Å². The van der Waals surface area contributed by atoms with Gasteiger partial charge in [-0.1, -0.05) is 31.5 Å². The molecule has 1 aliphatic rings. The van der Waals surface area contributed by atoms with E-state index in [2.05, 4.69) is 0 Å². The Balaban J connectivity index is 1.87. The SMILES string of the molecule is Cc1ccc(OCC(=O)OCC(=O)N(CC(C)C)[C@@H]2CCS(=O)(=O)C2)c(C)c1. The maximum Gasteiger partial charge on any atom is 0.344 e. The quantitative estimate of drug-likeness (QED) is 0.607. The van der Waals surface area contributed by atoms with Crippen molar-refractivity contribution in [1.29, 1.82) is 0 Å². The number of rotatable bonds is 8. The molecule has 2 rings (SSSR count). The van der Waals surface area contributed by atoms with Crippen molar-refractivity contribution in [2.75, 3.05) is 31.3 Å². The van der Waals surface area contributed by atoms with Crippen molar-refractivity contribution in [3.05, 3.63) is 29.3 Å². The summed E-state index contributed by atoms with van der Waals surface area (Å²) in [7, 11) is -3.11. The van der Waals surface area contributed by atoms with E-state index < -0.39 is 22.4 Å². The number of amides is 1. The molecule has 1 aromatic rings. The first-order valence-corrected chi connectivity index (χ1v) is 11.2. The first-order chi connectivity index (χ1) is 13.1. The molecule has 28 heavy (non-hydrogen) atoms. The predicted molar refractivity (Wildman–Crippen MR) is 106 cm³/mol. The van der Waals surface area contributed by atoms with Gasteiger partial charge < -0.3 is 14.4 Å². The largest absolute Gasteiger partial charge is 0.482 e. The fourth-order valence-electron chi connectivity index (χ4n) is 3.23. The van der Waals surface area contributed by atoms with E-state index in [4.69, 9.17) is 9.47 Å². The van der Waals surface area contributed by atoms with Gasteiger partial charge in [-0.05, 0) is 37.8 Å². The second kappa shape index (κ2) is 9.41. The molecule has 7 nitrogen and oxygen atoms in total. The Morgan fingerprint density at radius 3 is 2.50 bits per heavy atom. The van der Waals surface area contributed by atoms with Crippen molar-refractivity contribution in [1.82, 2.24) is 4.90 Å². The highest BCUT2D eigenvalue weighted by Crippen LogP contribution is 2.20. The highest BCUT2D eigenvalue weighted by Gasteiger charge is 2.35. The molecule has 1 aromatic carbocycles. The fourth-order valence-corrected chi connectivity index (χ4v) is 4.96. The highest BCUT2D eigenvalue weighted by atomic mass is 32.2. The molecule has 0 aromatic heterocycles. The number of esters is 1. The molecule has 156 valence electrons. The van der Waals surface area contributed by atoms with Crippen LogP contribution in [0.2, 0.25) is 0 Å². The highest BCUT2D eigenvalue weighted by molar-refractivity contribution is 7.91. The van der Waals surface area contributed by atoms with Crippen LogP contribution in [0.15, 0.2) is 18.2 Å². The third-order valence-electron chi connectivity index (χ3n) is 4.56. The first kappa shape index (κ1) is 22.2. The lowest BCUT2D eigenvalue weighted by Crippen LogP contribution is -2.45. The van der Waals surface area contributed by atoms with Gasteiger partial charge in [0.2, 0.25) is 0 Å². The lowest BCUT2D eigenvalue weighted by molar-refractivity contribution is -0.154. The zero-order chi connectivity index (χ0) is 20.9. The van der Waals surface area contributed by atoms with Crippen LogP contribution >= 0.6 is 0 Å². The molecular weight excluding hydrogens is 382 g/mol. The third kappa shape index (κ3) is 6.51. The summed E-state index contributed by atoms with van der Waals surface area (Å²) in [5.41, 5.74) is 2.01. The minimum absolute atomic E-state index is 0.0325. The van der Waals surface area contributed by atoms with Crippen LogP contribution in [0.5, 0.6) is 5.75 Å². The smallest absolute Gasteiger partial charge is 0.344 e. The van der Waals surface area contributed by atoms with E-state index in [9.17, 15) is 18.0 Å². The van der Waals surface area contributed by atoms with E-state index in [1.807, 2.05) is 39.8 Å². The van der Waals surface area contributed by atoms with E-state index in [1.165, 1.54) is 4.90 Å². The van der Waals surface area contributed by atoms with Gasteiger partial charge in [0.1, 0.15) is 5.75 Å². The number of carbonyl (C=O) groups is 2. The summed E-state index contributed by atoms with van der Waals surface area (Å²) < 4.78 is 34.0. The van der Waals surface area contributed by atoms with E-state index in [0.29, 0.717) is 18.7 Å². The summed E-state index contributed by atoms with van der Waals surface area (Å²) in [6.07, 6.45) is 0.421. The van der Waals surface area contributed by atoms with Crippen LogP contribution in [0.1, 0.15) is 31.4 Å². The molecule has 0 saturated carbocycles. The summed E-state index contributed by atoms with van der Waals surface area (Å²) in [6, 6.07) is 5.26. The molecule has 1 aliphatic heterocycles. The standard InChI is InChI=1S/C20H29NO6S/c1-14(2)10-21(17-7-8-28(24,25)13-17)19(22)11-27-20(23)12-26-18-6-5-15(3)9-16(18)4/h5-6,9,14,17H,7-8,10-13H2,1-4H3/t17-/m1/s1. The Kier molecular flexibility index (Phi) is 7.46. The molecule has 8 heteroatoms. The number of ether oxygens (including phenoxy) is 2. The molecule has 1 heterocycles. The molecule has 0 radical (unpaired) electrons. The number of hydrogen-bond acceptors (Lipinski definition) is 6. The number of aryl methyl sites for hydroxylation is 2. The maximum atomic E-state index is 12.6. The van der Waals surface area contributed by atoms with E-state index in [0.717, 1.165) is 11.1 Å². The third-order valence-corrected chi connectivity index (χ3v) is 6.31. The van der Waals surface area contributed by atoms with Crippen LogP contribution in [-0.2, 0) is 24.2 Å². The molecule has 1 saturated heterocycles. The average Bonchev–Trinajstić information content (AvgIpc) is 2.96. The van der Waals surface area contributed by atoms with Gasteiger partial charge in [0.15, 0.2) is 23.1 Å². The summed E-state index contributed by atoms with van der Waals surface area (Å²) in [5, 5.41) is 0. The van der Waals surface area contributed by atoms with E-state index in [-0.39, 0.29) is 36.0 Å². The van der Waals surface area contributed by atoms with Crippen LogP contribution in [0.3, 0.4) is 0 Å². The Hall–Kier alpha value is -2.09. The molecule has 0 N–H and O–H groups in total. The number of carbonyl (C=O) groups excluding carboxylic acids is 2. The van der Waals surface area contributed by atoms with Crippen molar-refractivity contribution in [3.63, 3.8) is 0 Å². The average molecular weight is 412 g/mol. The molecule has 1 atom stereocenters.